The standard InChI is InChI=1S/C11H15ClF3N3/c1-2-9-17-8(12)7-10(18-9)16-6-4-3-5-11(13,14)15/h7H,2-6H2,1H3,(H,16,17,18). The number of aromatic nitrogens is 2. The van der Waals surface area contributed by atoms with Gasteiger partial charge < -0.3 is 5.32 Å². The van der Waals surface area contributed by atoms with Crippen LogP contribution in [-0.4, -0.2) is 22.7 Å². The molecule has 0 atom stereocenters. The Morgan fingerprint density at radius 1 is 1.28 bits per heavy atom. The molecule has 0 aromatic carbocycles. The average Bonchev–Trinajstić information content (AvgIpc) is 2.26. The van der Waals surface area contributed by atoms with Crippen LogP contribution in [0.15, 0.2) is 6.07 Å². The van der Waals surface area contributed by atoms with Crippen LogP contribution in [0.2, 0.25) is 5.15 Å². The predicted molar refractivity (Wildman–Crippen MR) is 64.8 cm³/mol. The van der Waals surface area contributed by atoms with Gasteiger partial charge in [-0.15, -0.1) is 0 Å². The zero-order valence-electron chi connectivity index (χ0n) is 10.0. The fraction of sp³-hybridized carbons (Fsp3) is 0.636. The van der Waals surface area contributed by atoms with Gasteiger partial charge in [0.1, 0.15) is 16.8 Å². The highest BCUT2D eigenvalue weighted by molar-refractivity contribution is 6.29. The summed E-state index contributed by atoms with van der Waals surface area (Å²) in [5.74, 6) is 1.17. The van der Waals surface area contributed by atoms with Gasteiger partial charge in [0, 0.05) is 25.5 Å². The number of halogens is 4. The first-order valence-electron chi connectivity index (χ1n) is 5.75. The Morgan fingerprint density at radius 2 is 2.00 bits per heavy atom. The van der Waals surface area contributed by atoms with Gasteiger partial charge in [-0.2, -0.15) is 13.2 Å². The fourth-order valence-electron chi connectivity index (χ4n) is 1.38. The van der Waals surface area contributed by atoms with Crippen molar-refractivity contribution in [1.82, 2.24) is 9.97 Å². The van der Waals surface area contributed by atoms with E-state index in [1.165, 1.54) is 0 Å². The zero-order valence-corrected chi connectivity index (χ0v) is 10.8. The molecule has 0 saturated carbocycles. The minimum atomic E-state index is -4.08. The van der Waals surface area contributed by atoms with Crippen LogP contribution in [0.25, 0.3) is 0 Å². The van der Waals surface area contributed by atoms with Crippen molar-refractivity contribution in [3.8, 4) is 0 Å². The Hall–Kier alpha value is -1.04. The van der Waals surface area contributed by atoms with Gasteiger partial charge in [0.05, 0.1) is 0 Å². The highest BCUT2D eigenvalue weighted by Crippen LogP contribution is 2.22. The van der Waals surface area contributed by atoms with Gasteiger partial charge in [-0.1, -0.05) is 18.5 Å². The Kier molecular flexibility index (Phi) is 5.65. The van der Waals surface area contributed by atoms with Gasteiger partial charge in [0.25, 0.3) is 0 Å². The van der Waals surface area contributed by atoms with E-state index >= 15 is 0 Å². The van der Waals surface area contributed by atoms with Crippen molar-refractivity contribution in [2.24, 2.45) is 0 Å². The number of nitrogens with zero attached hydrogens (tertiary/aromatic N) is 2. The third-order valence-electron chi connectivity index (χ3n) is 2.25. The largest absolute Gasteiger partial charge is 0.389 e. The van der Waals surface area contributed by atoms with Crippen LogP contribution in [0.5, 0.6) is 0 Å². The van der Waals surface area contributed by atoms with Crippen molar-refractivity contribution in [3.05, 3.63) is 17.0 Å². The van der Waals surface area contributed by atoms with Crippen LogP contribution in [0.3, 0.4) is 0 Å². The van der Waals surface area contributed by atoms with Crippen molar-refractivity contribution < 1.29 is 13.2 Å². The maximum atomic E-state index is 11.9. The second kappa shape index (κ2) is 6.78. The van der Waals surface area contributed by atoms with Gasteiger partial charge in [-0.25, -0.2) is 9.97 Å². The number of aryl methyl sites for hydroxylation is 1. The summed E-state index contributed by atoms with van der Waals surface area (Å²) in [4.78, 5) is 8.16. The van der Waals surface area contributed by atoms with Gasteiger partial charge in [0.2, 0.25) is 0 Å². The van der Waals surface area contributed by atoms with Crippen LogP contribution in [0.4, 0.5) is 19.0 Å². The molecule has 3 nitrogen and oxygen atoms in total. The molecule has 18 heavy (non-hydrogen) atoms. The molecule has 0 aliphatic carbocycles. The van der Waals surface area contributed by atoms with Gasteiger partial charge in [0.15, 0.2) is 0 Å². The fourth-order valence-corrected chi connectivity index (χ4v) is 1.58. The van der Waals surface area contributed by atoms with Gasteiger partial charge in [-0.05, 0) is 12.8 Å². The van der Waals surface area contributed by atoms with Crippen molar-refractivity contribution in [1.29, 1.82) is 0 Å². The molecule has 0 saturated heterocycles. The first-order chi connectivity index (χ1) is 8.40. The van der Waals surface area contributed by atoms with E-state index in [-0.39, 0.29) is 6.42 Å². The van der Waals surface area contributed by atoms with Gasteiger partial charge in [-0.3, -0.25) is 0 Å². The van der Waals surface area contributed by atoms with E-state index in [9.17, 15) is 13.2 Å². The van der Waals surface area contributed by atoms with Crippen LogP contribution in [0.1, 0.15) is 32.0 Å². The molecule has 1 aromatic heterocycles. The van der Waals surface area contributed by atoms with E-state index in [1.807, 2.05) is 6.92 Å². The number of alkyl halides is 3. The first-order valence-corrected chi connectivity index (χ1v) is 6.12. The minimum Gasteiger partial charge on any atom is -0.370 e. The molecule has 0 radical (unpaired) electrons. The first kappa shape index (κ1) is 15.0. The molecule has 1 heterocycles. The predicted octanol–water partition coefficient (Wildman–Crippen LogP) is 3.84. The van der Waals surface area contributed by atoms with Crippen LogP contribution in [0, 0.1) is 0 Å². The number of hydrogen-bond acceptors (Lipinski definition) is 3. The second-order valence-electron chi connectivity index (χ2n) is 3.84. The quantitative estimate of drug-likeness (QED) is 0.636. The minimum absolute atomic E-state index is 0.107. The Labute approximate surface area is 109 Å². The molecular weight excluding hydrogens is 267 g/mol. The van der Waals surface area contributed by atoms with E-state index in [0.29, 0.717) is 36.2 Å². The lowest BCUT2D eigenvalue weighted by Gasteiger charge is -2.08. The van der Waals surface area contributed by atoms with Crippen LogP contribution in [-0.2, 0) is 6.42 Å². The summed E-state index contributed by atoms with van der Waals surface area (Å²) in [5, 5.41) is 3.28. The third kappa shape index (κ3) is 6.05. The van der Waals surface area contributed by atoms with Crippen LogP contribution < -0.4 is 5.32 Å². The lowest BCUT2D eigenvalue weighted by molar-refractivity contribution is -0.135. The molecule has 7 heteroatoms. The highest BCUT2D eigenvalue weighted by Gasteiger charge is 2.25. The zero-order chi connectivity index (χ0) is 13.6. The molecule has 1 N–H and O–H groups in total. The molecule has 0 bridgehead atoms. The molecule has 1 aromatic rings. The normalized spacial score (nSPS) is 11.6. The van der Waals surface area contributed by atoms with Gasteiger partial charge >= 0.3 is 6.18 Å². The Morgan fingerprint density at radius 3 is 2.61 bits per heavy atom. The summed E-state index contributed by atoms with van der Waals surface area (Å²) >= 11 is 5.79. The van der Waals surface area contributed by atoms with Crippen molar-refractivity contribution in [3.63, 3.8) is 0 Å². The van der Waals surface area contributed by atoms with Crippen molar-refractivity contribution in [2.75, 3.05) is 11.9 Å². The lowest BCUT2D eigenvalue weighted by Crippen LogP contribution is -2.09. The SMILES string of the molecule is CCc1nc(Cl)cc(NCCCCC(F)(F)F)n1. The van der Waals surface area contributed by atoms with E-state index in [2.05, 4.69) is 15.3 Å². The van der Waals surface area contributed by atoms with E-state index in [1.54, 1.807) is 6.07 Å². The molecule has 0 unspecified atom stereocenters. The molecule has 0 aliphatic rings. The Bertz CT molecular complexity index is 382. The number of anilines is 1. The van der Waals surface area contributed by atoms with E-state index in [4.69, 9.17) is 11.6 Å². The maximum Gasteiger partial charge on any atom is 0.389 e. The molecule has 1 rings (SSSR count). The number of rotatable bonds is 6. The summed E-state index contributed by atoms with van der Waals surface area (Å²) < 4.78 is 35.7. The third-order valence-corrected chi connectivity index (χ3v) is 2.44. The molecule has 0 aliphatic heterocycles. The smallest absolute Gasteiger partial charge is 0.370 e. The molecule has 102 valence electrons. The average molecular weight is 282 g/mol. The van der Waals surface area contributed by atoms with E-state index in [0.717, 1.165) is 0 Å². The van der Waals surface area contributed by atoms with E-state index < -0.39 is 12.6 Å². The summed E-state index contributed by atoms with van der Waals surface area (Å²) in [6, 6.07) is 1.56. The number of hydrogen-bond donors (Lipinski definition) is 1. The second-order valence-corrected chi connectivity index (χ2v) is 4.23. The summed E-state index contributed by atoms with van der Waals surface area (Å²) in [6.07, 6.45) is -3.63. The summed E-state index contributed by atoms with van der Waals surface area (Å²) in [5.41, 5.74) is 0. The number of unbranched alkanes of at least 4 members (excludes halogenated alkanes) is 1. The molecule has 0 fully saturated rings. The topological polar surface area (TPSA) is 37.8 Å². The van der Waals surface area contributed by atoms with Crippen molar-refractivity contribution >= 4 is 17.4 Å². The van der Waals surface area contributed by atoms with Crippen LogP contribution >= 0.6 is 11.6 Å². The molecule has 0 amide bonds. The summed E-state index contributed by atoms with van der Waals surface area (Å²) in [6.45, 7) is 2.34. The monoisotopic (exact) mass is 281 g/mol. The molecular formula is C11H15ClF3N3. The molecule has 0 spiro atoms. The highest BCUT2D eigenvalue weighted by atomic mass is 35.5. The number of nitrogens with one attached hydrogen (secondary N) is 1. The summed E-state index contributed by atoms with van der Waals surface area (Å²) in [7, 11) is 0. The Balaban J connectivity index is 2.33. The lowest BCUT2D eigenvalue weighted by atomic mass is 10.2. The van der Waals surface area contributed by atoms with Crippen molar-refractivity contribution in [2.45, 2.75) is 38.8 Å². The maximum absolute atomic E-state index is 11.9.